The van der Waals surface area contributed by atoms with Gasteiger partial charge in [0.15, 0.2) is 5.11 Å². The number of carbonyl (C=O) groups is 1. The Hall–Kier alpha value is -2.40. The third kappa shape index (κ3) is 4.17. The van der Waals surface area contributed by atoms with Crippen molar-refractivity contribution in [1.29, 1.82) is 0 Å². The van der Waals surface area contributed by atoms with Crippen LogP contribution in [-0.2, 0) is 4.79 Å². The molecule has 25 heavy (non-hydrogen) atoms. The molecule has 0 aliphatic carbocycles. The summed E-state index contributed by atoms with van der Waals surface area (Å²) in [6.45, 7) is 4.91. The minimum absolute atomic E-state index is 0.129. The van der Waals surface area contributed by atoms with Gasteiger partial charge in [-0.25, -0.2) is 0 Å². The van der Waals surface area contributed by atoms with Crippen molar-refractivity contribution in [2.45, 2.75) is 32.7 Å². The first-order chi connectivity index (χ1) is 12.0. The number of anilines is 2. The van der Waals surface area contributed by atoms with Gasteiger partial charge in [-0.3, -0.25) is 4.79 Å². The van der Waals surface area contributed by atoms with E-state index in [9.17, 15) is 4.79 Å². The van der Waals surface area contributed by atoms with Crippen molar-refractivity contribution in [2.75, 3.05) is 16.8 Å². The molecule has 0 unspecified atom stereocenters. The molecule has 5 heteroatoms. The van der Waals surface area contributed by atoms with Crippen molar-refractivity contribution >= 4 is 34.6 Å². The third-order valence-electron chi connectivity index (χ3n) is 4.47. The highest BCUT2D eigenvalue weighted by Crippen LogP contribution is 2.27. The highest BCUT2D eigenvalue weighted by Gasteiger charge is 2.22. The van der Waals surface area contributed by atoms with Gasteiger partial charge in [-0.1, -0.05) is 30.3 Å². The Labute approximate surface area is 154 Å². The van der Waals surface area contributed by atoms with Gasteiger partial charge in [0.1, 0.15) is 0 Å². The molecule has 1 saturated heterocycles. The van der Waals surface area contributed by atoms with E-state index in [2.05, 4.69) is 29.7 Å². The number of aryl methyl sites for hydroxylation is 1. The lowest BCUT2D eigenvalue weighted by atomic mass is 10.1. The highest BCUT2D eigenvalue weighted by atomic mass is 32.1. The zero-order valence-electron chi connectivity index (χ0n) is 14.6. The van der Waals surface area contributed by atoms with Gasteiger partial charge in [0.05, 0.1) is 6.04 Å². The second-order valence-corrected chi connectivity index (χ2v) is 6.79. The quantitative estimate of drug-likeness (QED) is 0.810. The molecule has 0 spiro atoms. The second-order valence-electron chi connectivity index (χ2n) is 6.38. The topological polar surface area (TPSA) is 44.4 Å². The molecular formula is C20H23N3OS. The van der Waals surface area contributed by atoms with Crippen molar-refractivity contribution in [2.24, 2.45) is 0 Å². The van der Waals surface area contributed by atoms with Gasteiger partial charge in [-0.05, 0) is 61.8 Å². The lowest BCUT2D eigenvalue weighted by Crippen LogP contribution is -2.31. The van der Waals surface area contributed by atoms with Crippen molar-refractivity contribution in [3.8, 4) is 0 Å². The van der Waals surface area contributed by atoms with Crippen LogP contribution in [0.3, 0.4) is 0 Å². The van der Waals surface area contributed by atoms with E-state index in [1.165, 1.54) is 5.56 Å². The number of hydrogen-bond donors (Lipinski definition) is 2. The predicted molar refractivity (Wildman–Crippen MR) is 107 cm³/mol. The fourth-order valence-corrected chi connectivity index (χ4v) is 3.42. The Bertz CT molecular complexity index is 776. The summed E-state index contributed by atoms with van der Waals surface area (Å²) < 4.78 is 0. The van der Waals surface area contributed by atoms with Gasteiger partial charge >= 0.3 is 0 Å². The molecule has 1 fully saturated rings. The number of rotatable bonds is 4. The third-order valence-corrected chi connectivity index (χ3v) is 4.69. The molecule has 0 saturated carbocycles. The Morgan fingerprint density at radius 2 is 1.96 bits per heavy atom. The zero-order valence-corrected chi connectivity index (χ0v) is 15.4. The molecule has 0 radical (unpaired) electrons. The molecule has 4 nitrogen and oxygen atoms in total. The van der Waals surface area contributed by atoms with Gasteiger partial charge in [0.2, 0.25) is 5.91 Å². The van der Waals surface area contributed by atoms with Crippen LogP contribution in [-0.4, -0.2) is 17.6 Å². The minimum atomic E-state index is 0.129. The second kappa shape index (κ2) is 7.66. The van der Waals surface area contributed by atoms with E-state index in [1.54, 1.807) is 0 Å². The number of nitrogens with one attached hydrogen (secondary N) is 2. The Morgan fingerprint density at radius 3 is 2.60 bits per heavy atom. The summed E-state index contributed by atoms with van der Waals surface area (Å²) in [7, 11) is 0. The van der Waals surface area contributed by atoms with E-state index in [4.69, 9.17) is 12.2 Å². The number of benzene rings is 2. The number of hydrogen-bond acceptors (Lipinski definition) is 2. The molecule has 1 amide bonds. The number of amides is 1. The molecular weight excluding hydrogens is 330 g/mol. The van der Waals surface area contributed by atoms with Crippen LogP contribution < -0.4 is 15.5 Å². The molecule has 2 aromatic carbocycles. The summed E-state index contributed by atoms with van der Waals surface area (Å²) in [5, 5.41) is 7.11. The molecule has 0 aromatic heterocycles. The van der Waals surface area contributed by atoms with Crippen molar-refractivity contribution in [1.82, 2.24) is 5.32 Å². The molecule has 2 N–H and O–H groups in total. The summed E-state index contributed by atoms with van der Waals surface area (Å²) in [6, 6.07) is 16.3. The molecule has 3 rings (SSSR count). The van der Waals surface area contributed by atoms with Crippen LogP contribution in [0.5, 0.6) is 0 Å². The molecule has 1 heterocycles. The van der Waals surface area contributed by atoms with E-state index in [-0.39, 0.29) is 11.9 Å². The maximum atomic E-state index is 11.9. The Balaban J connectivity index is 1.64. The zero-order chi connectivity index (χ0) is 17.8. The fraction of sp³-hybridized carbons (Fsp3) is 0.300. The van der Waals surface area contributed by atoms with Crippen LogP contribution in [0.2, 0.25) is 0 Å². The molecule has 0 bridgehead atoms. The highest BCUT2D eigenvalue weighted by molar-refractivity contribution is 7.80. The number of carbonyl (C=O) groups excluding carboxylic acids is 1. The normalized spacial score (nSPS) is 15.1. The SMILES string of the molecule is Cc1cc(NC(=S)N[C@@H](C)c2ccccc2)ccc1N1CCCC1=O. The summed E-state index contributed by atoms with van der Waals surface area (Å²) in [6.07, 6.45) is 1.58. The Kier molecular flexibility index (Phi) is 5.34. The lowest BCUT2D eigenvalue weighted by Gasteiger charge is -2.20. The summed E-state index contributed by atoms with van der Waals surface area (Å²) in [5.74, 6) is 0.206. The number of thiocarbonyl (C=S) groups is 1. The van der Waals surface area contributed by atoms with Crippen LogP contribution in [0.25, 0.3) is 0 Å². The van der Waals surface area contributed by atoms with E-state index >= 15 is 0 Å². The smallest absolute Gasteiger partial charge is 0.227 e. The van der Waals surface area contributed by atoms with Crippen LogP contribution in [0, 0.1) is 6.92 Å². The molecule has 2 aromatic rings. The van der Waals surface area contributed by atoms with Crippen molar-refractivity contribution in [3.63, 3.8) is 0 Å². The molecule has 130 valence electrons. The molecule has 1 aliphatic heterocycles. The standard InChI is InChI=1S/C20H23N3OS/c1-14-13-17(10-11-18(14)23-12-6-9-19(23)24)22-20(25)21-15(2)16-7-4-3-5-8-16/h3-5,7-8,10-11,13,15H,6,9,12H2,1-2H3,(H2,21,22,25)/t15-/m0/s1. The van der Waals surface area contributed by atoms with Crippen LogP contribution in [0.15, 0.2) is 48.5 Å². The van der Waals surface area contributed by atoms with Gasteiger partial charge < -0.3 is 15.5 Å². The van der Waals surface area contributed by atoms with E-state index in [0.717, 1.165) is 29.9 Å². The Morgan fingerprint density at radius 1 is 1.20 bits per heavy atom. The summed E-state index contributed by atoms with van der Waals surface area (Å²) in [5.41, 5.74) is 4.17. The summed E-state index contributed by atoms with van der Waals surface area (Å²) >= 11 is 5.43. The average molecular weight is 353 g/mol. The first-order valence-corrected chi connectivity index (χ1v) is 8.99. The van der Waals surface area contributed by atoms with Crippen LogP contribution in [0.1, 0.15) is 36.9 Å². The molecule has 1 aliphatic rings. The predicted octanol–water partition coefficient (Wildman–Crippen LogP) is 4.17. The maximum Gasteiger partial charge on any atom is 0.227 e. The van der Waals surface area contributed by atoms with Crippen LogP contribution in [0.4, 0.5) is 11.4 Å². The average Bonchev–Trinajstić information content (AvgIpc) is 3.01. The monoisotopic (exact) mass is 353 g/mol. The maximum absolute atomic E-state index is 11.9. The van der Waals surface area contributed by atoms with E-state index in [0.29, 0.717) is 11.5 Å². The minimum Gasteiger partial charge on any atom is -0.356 e. The van der Waals surface area contributed by atoms with Crippen molar-refractivity contribution < 1.29 is 4.79 Å². The van der Waals surface area contributed by atoms with E-state index < -0.39 is 0 Å². The number of nitrogens with zero attached hydrogens (tertiary/aromatic N) is 1. The van der Waals surface area contributed by atoms with Crippen molar-refractivity contribution in [3.05, 3.63) is 59.7 Å². The van der Waals surface area contributed by atoms with Gasteiger partial charge in [-0.15, -0.1) is 0 Å². The van der Waals surface area contributed by atoms with Gasteiger partial charge in [0.25, 0.3) is 0 Å². The van der Waals surface area contributed by atoms with E-state index in [1.807, 2.05) is 48.2 Å². The van der Waals surface area contributed by atoms with Gasteiger partial charge in [-0.2, -0.15) is 0 Å². The largest absolute Gasteiger partial charge is 0.356 e. The van der Waals surface area contributed by atoms with Gasteiger partial charge in [0, 0.05) is 24.3 Å². The fourth-order valence-electron chi connectivity index (χ4n) is 3.13. The first-order valence-electron chi connectivity index (χ1n) is 8.58. The molecule has 1 atom stereocenters. The van der Waals surface area contributed by atoms with Crippen LogP contribution >= 0.6 is 12.2 Å². The lowest BCUT2D eigenvalue weighted by molar-refractivity contribution is -0.117. The first kappa shape index (κ1) is 17.4. The summed E-state index contributed by atoms with van der Waals surface area (Å²) in [4.78, 5) is 13.8.